The van der Waals surface area contributed by atoms with Crippen molar-refractivity contribution in [3.8, 4) is 11.1 Å². The molecule has 0 N–H and O–H groups in total. The summed E-state index contributed by atoms with van der Waals surface area (Å²) in [5.41, 5.74) is 1.25. The number of nitrogens with zero attached hydrogens (tertiary/aromatic N) is 1. The molecule has 0 aliphatic heterocycles. The van der Waals surface area contributed by atoms with Crippen molar-refractivity contribution in [2.45, 2.75) is 6.92 Å². The van der Waals surface area contributed by atoms with Gasteiger partial charge in [-0.25, -0.2) is 8.78 Å². The van der Waals surface area contributed by atoms with Gasteiger partial charge in [0.05, 0.1) is 5.56 Å². The Kier molecular flexibility index (Phi) is 2.46. The molecule has 3 heteroatoms. The second kappa shape index (κ2) is 3.77. The van der Waals surface area contributed by atoms with Gasteiger partial charge >= 0.3 is 0 Å². The zero-order valence-electron chi connectivity index (χ0n) is 8.17. The summed E-state index contributed by atoms with van der Waals surface area (Å²) in [6.07, 6.45) is 1.47. The number of aromatic nitrogens is 1. The van der Waals surface area contributed by atoms with Gasteiger partial charge in [-0.2, -0.15) is 0 Å². The summed E-state index contributed by atoms with van der Waals surface area (Å²) in [6.45, 7) is 1.82. The Morgan fingerprint density at radius 3 is 2.20 bits per heavy atom. The predicted octanol–water partition coefficient (Wildman–Crippen LogP) is 3.34. The third kappa shape index (κ3) is 1.86. The Hall–Kier alpha value is -1.77. The number of pyridine rings is 1. The summed E-state index contributed by atoms with van der Waals surface area (Å²) in [4.78, 5) is 4.00. The van der Waals surface area contributed by atoms with Crippen molar-refractivity contribution in [1.82, 2.24) is 4.98 Å². The molecule has 1 heterocycles. The van der Waals surface area contributed by atoms with Crippen LogP contribution in [-0.4, -0.2) is 4.98 Å². The monoisotopic (exact) mass is 205 g/mol. The van der Waals surface area contributed by atoms with E-state index >= 15 is 0 Å². The van der Waals surface area contributed by atoms with E-state index in [1.165, 1.54) is 24.4 Å². The molecule has 0 aliphatic carbocycles. The number of halogens is 2. The van der Waals surface area contributed by atoms with E-state index in [0.29, 0.717) is 5.56 Å². The highest BCUT2D eigenvalue weighted by atomic mass is 19.1. The van der Waals surface area contributed by atoms with Gasteiger partial charge in [0.1, 0.15) is 11.6 Å². The first-order valence-corrected chi connectivity index (χ1v) is 4.55. The van der Waals surface area contributed by atoms with Crippen molar-refractivity contribution in [3.05, 3.63) is 53.9 Å². The van der Waals surface area contributed by atoms with Crippen LogP contribution in [0.5, 0.6) is 0 Å². The molecule has 1 aromatic carbocycles. The van der Waals surface area contributed by atoms with Crippen LogP contribution in [0.15, 0.2) is 36.5 Å². The van der Waals surface area contributed by atoms with E-state index in [4.69, 9.17) is 0 Å². The van der Waals surface area contributed by atoms with Crippen LogP contribution < -0.4 is 0 Å². The highest BCUT2D eigenvalue weighted by molar-refractivity contribution is 5.63. The molecular formula is C12H9F2N. The number of rotatable bonds is 1. The Balaban J connectivity index is 2.58. The van der Waals surface area contributed by atoms with Crippen molar-refractivity contribution >= 4 is 0 Å². The molecule has 0 atom stereocenters. The molecule has 1 nitrogen and oxygen atoms in total. The molecular weight excluding hydrogens is 196 g/mol. The van der Waals surface area contributed by atoms with Gasteiger partial charge in [-0.05, 0) is 25.1 Å². The number of benzene rings is 1. The fourth-order valence-corrected chi connectivity index (χ4v) is 1.39. The van der Waals surface area contributed by atoms with E-state index in [2.05, 4.69) is 4.98 Å². The quantitative estimate of drug-likeness (QED) is 0.695. The van der Waals surface area contributed by atoms with Gasteiger partial charge in [0.15, 0.2) is 0 Å². The van der Waals surface area contributed by atoms with Gasteiger partial charge < -0.3 is 0 Å². The van der Waals surface area contributed by atoms with Gasteiger partial charge in [-0.3, -0.25) is 4.98 Å². The topological polar surface area (TPSA) is 12.9 Å². The minimum Gasteiger partial charge on any atom is -0.261 e. The highest BCUT2D eigenvalue weighted by Gasteiger charge is 2.10. The molecule has 0 bridgehead atoms. The zero-order valence-corrected chi connectivity index (χ0v) is 8.17. The van der Waals surface area contributed by atoms with Crippen molar-refractivity contribution in [3.63, 3.8) is 0 Å². The zero-order chi connectivity index (χ0) is 10.8. The third-order valence-corrected chi connectivity index (χ3v) is 2.16. The Morgan fingerprint density at radius 1 is 1.00 bits per heavy atom. The van der Waals surface area contributed by atoms with Crippen LogP contribution in [0.2, 0.25) is 0 Å². The van der Waals surface area contributed by atoms with Gasteiger partial charge in [0, 0.05) is 17.5 Å². The summed E-state index contributed by atoms with van der Waals surface area (Å²) < 4.78 is 26.7. The first kappa shape index (κ1) is 9.77. The van der Waals surface area contributed by atoms with Crippen LogP contribution in [0.25, 0.3) is 11.1 Å². The minimum absolute atomic E-state index is 0.0231. The SMILES string of the molecule is Cc1ccc(-c2c(F)cccc2F)cn1. The van der Waals surface area contributed by atoms with E-state index in [-0.39, 0.29) is 5.56 Å². The second-order valence-electron chi connectivity index (χ2n) is 3.28. The Labute approximate surface area is 86.4 Å². The fraction of sp³-hybridized carbons (Fsp3) is 0.0833. The minimum atomic E-state index is -0.569. The van der Waals surface area contributed by atoms with Gasteiger partial charge in [-0.1, -0.05) is 12.1 Å². The van der Waals surface area contributed by atoms with Crippen LogP contribution in [0.4, 0.5) is 8.78 Å². The van der Waals surface area contributed by atoms with Crippen LogP contribution in [0, 0.1) is 18.6 Å². The third-order valence-electron chi connectivity index (χ3n) is 2.16. The average molecular weight is 205 g/mol. The predicted molar refractivity (Wildman–Crippen MR) is 54.3 cm³/mol. The normalized spacial score (nSPS) is 10.3. The molecule has 76 valence electrons. The van der Waals surface area contributed by atoms with E-state index in [1.807, 2.05) is 6.92 Å². The van der Waals surface area contributed by atoms with Crippen LogP contribution >= 0.6 is 0 Å². The lowest BCUT2D eigenvalue weighted by Crippen LogP contribution is -1.90. The summed E-state index contributed by atoms with van der Waals surface area (Å²) in [5.74, 6) is -1.14. The number of hydrogen-bond donors (Lipinski definition) is 0. The first-order valence-electron chi connectivity index (χ1n) is 4.55. The summed E-state index contributed by atoms with van der Waals surface area (Å²) in [7, 11) is 0. The molecule has 0 spiro atoms. The summed E-state index contributed by atoms with van der Waals surface area (Å²) in [5, 5.41) is 0. The molecule has 0 amide bonds. The molecule has 2 rings (SSSR count). The maximum atomic E-state index is 13.4. The standard InChI is InChI=1S/C12H9F2N/c1-8-5-6-9(7-15-8)12-10(13)3-2-4-11(12)14/h2-7H,1H3. The molecule has 1 aromatic heterocycles. The average Bonchev–Trinajstić information content (AvgIpc) is 2.20. The fourth-order valence-electron chi connectivity index (χ4n) is 1.39. The molecule has 15 heavy (non-hydrogen) atoms. The lowest BCUT2D eigenvalue weighted by molar-refractivity contribution is 0.589. The lowest BCUT2D eigenvalue weighted by Gasteiger charge is -2.04. The van der Waals surface area contributed by atoms with Crippen molar-refractivity contribution in [2.24, 2.45) is 0 Å². The van der Waals surface area contributed by atoms with E-state index < -0.39 is 11.6 Å². The molecule has 0 unspecified atom stereocenters. The van der Waals surface area contributed by atoms with E-state index in [1.54, 1.807) is 12.1 Å². The van der Waals surface area contributed by atoms with Gasteiger partial charge in [-0.15, -0.1) is 0 Å². The molecule has 2 aromatic rings. The smallest absolute Gasteiger partial charge is 0.134 e. The maximum Gasteiger partial charge on any atom is 0.134 e. The van der Waals surface area contributed by atoms with Crippen LogP contribution in [0.1, 0.15) is 5.69 Å². The van der Waals surface area contributed by atoms with Gasteiger partial charge in [0.25, 0.3) is 0 Å². The number of aryl methyl sites for hydroxylation is 1. The molecule has 0 aliphatic rings. The largest absolute Gasteiger partial charge is 0.261 e. The molecule has 0 fully saturated rings. The van der Waals surface area contributed by atoms with Gasteiger partial charge in [0.2, 0.25) is 0 Å². The second-order valence-corrected chi connectivity index (χ2v) is 3.28. The summed E-state index contributed by atoms with van der Waals surface area (Å²) in [6, 6.07) is 7.19. The van der Waals surface area contributed by atoms with Crippen LogP contribution in [0.3, 0.4) is 0 Å². The number of hydrogen-bond acceptors (Lipinski definition) is 1. The lowest BCUT2D eigenvalue weighted by atomic mass is 10.1. The van der Waals surface area contributed by atoms with E-state index in [9.17, 15) is 8.78 Å². The Morgan fingerprint density at radius 2 is 1.67 bits per heavy atom. The van der Waals surface area contributed by atoms with Crippen molar-refractivity contribution < 1.29 is 8.78 Å². The molecule has 0 saturated carbocycles. The summed E-state index contributed by atoms with van der Waals surface area (Å²) >= 11 is 0. The van der Waals surface area contributed by atoms with Crippen molar-refractivity contribution in [2.75, 3.05) is 0 Å². The van der Waals surface area contributed by atoms with Crippen LogP contribution in [-0.2, 0) is 0 Å². The first-order chi connectivity index (χ1) is 7.18. The highest BCUT2D eigenvalue weighted by Crippen LogP contribution is 2.24. The van der Waals surface area contributed by atoms with E-state index in [0.717, 1.165) is 5.69 Å². The molecule has 0 saturated heterocycles. The Bertz CT molecular complexity index is 457. The van der Waals surface area contributed by atoms with Crippen molar-refractivity contribution in [1.29, 1.82) is 0 Å². The molecule has 0 radical (unpaired) electrons. The maximum absolute atomic E-state index is 13.4.